The highest BCUT2D eigenvalue weighted by Gasteiger charge is 2.12. The molecule has 0 saturated carbocycles. The molecule has 0 heterocycles. The van der Waals surface area contributed by atoms with Crippen molar-refractivity contribution >= 4 is 0 Å². The van der Waals surface area contributed by atoms with Crippen LogP contribution in [0.5, 0.6) is 0 Å². The minimum atomic E-state index is -0.275. The summed E-state index contributed by atoms with van der Waals surface area (Å²) < 4.78 is 12.2. The Labute approximate surface area is 108 Å². The number of rotatable bonds is 6. The third-order valence-corrected chi connectivity index (χ3v) is 2.92. The van der Waals surface area contributed by atoms with Crippen LogP contribution in [-0.4, -0.2) is 13.2 Å². The number of hydrogen-bond donors (Lipinski definition) is 1. The first-order chi connectivity index (χ1) is 8.92. The summed E-state index contributed by atoms with van der Waals surface area (Å²) in [6.45, 7) is 0.411. The van der Waals surface area contributed by atoms with Gasteiger partial charge in [0.05, 0.1) is 12.7 Å². The molecule has 0 spiro atoms. The average Bonchev–Trinajstić information content (AvgIpc) is 2.46. The van der Waals surface area contributed by atoms with Gasteiger partial charge in [-0.15, -0.1) is 0 Å². The van der Waals surface area contributed by atoms with Gasteiger partial charge in [0.25, 0.3) is 0 Å². The van der Waals surface area contributed by atoms with Gasteiger partial charge in [0.2, 0.25) is 0 Å². The fourth-order valence-corrected chi connectivity index (χ4v) is 2.03. The maximum atomic E-state index is 12.2. The van der Waals surface area contributed by atoms with Crippen molar-refractivity contribution < 1.29 is 4.39 Å². The molecule has 18 heavy (non-hydrogen) atoms. The van der Waals surface area contributed by atoms with Crippen molar-refractivity contribution in [3.8, 4) is 0 Å². The predicted molar refractivity (Wildman–Crippen MR) is 73.3 cm³/mol. The van der Waals surface area contributed by atoms with Crippen molar-refractivity contribution in [1.29, 1.82) is 0 Å². The minimum absolute atomic E-state index is 0.138. The number of nitrogens with one attached hydrogen (secondary N) is 1. The van der Waals surface area contributed by atoms with Gasteiger partial charge in [-0.3, -0.25) is 4.39 Å². The van der Waals surface area contributed by atoms with Crippen LogP contribution in [0.4, 0.5) is 4.39 Å². The molecular weight excluding hydrogens is 225 g/mol. The lowest BCUT2D eigenvalue weighted by molar-refractivity contribution is 0.450. The molecule has 0 aromatic heterocycles. The van der Waals surface area contributed by atoms with E-state index in [1.54, 1.807) is 0 Å². The second kappa shape index (κ2) is 6.92. The normalized spacial score (nSPS) is 10.8. The first-order valence-corrected chi connectivity index (χ1v) is 6.31. The van der Waals surface area contributed by atoms with Crippen molar-refractivity contribution in [2.24, 2.45) is 0 Å². The highest BCUT2D eigenvalue weighted by Crippen LogP contribution is 2.21. The van der Waals surface area contributed by atoms with E-state index in [1.807, 2.05) is 36.4 Å². The molecule has 2 aromatic carbocycles. The van der Waals surface area contributed by atoms with E-state index >= 15 is 0 Å². The summed E-state index contributed by atoms with van der Waals surface area (Å²) in [5.74, 6) is 0. The molecule has 2 rings (SSSR count). The molecule has 2 aromatic rings. The third-order valence-electron chi connectivity index (χ3n) is 2.92. The first-order valence-electron chi connectivity index (χ1n) is 6.31. The summed E-state index contributed by atoms with van der Waals surface area (Å²) in [5, 5.41) is 3.41. The molecule has 1 N–H and O–H groups in total. The van der Waals surface area contributed by atoms with E-state index in [1.165, 1.54) is 11.1 Å². The molecular formula is C16H18FN. The van der Waals surface area contributed by atoms with Gasteiger partial charge in [-0.1, -0.05) is 60.7 Å². The Balaban J connectivity index is 2.18. The van der Waals surface area contributed by atoms with Gasteiger partial charge in [-0.25, -0.2) is 0 Å². The standard InChI is InChI=1S/C16H18FN/c17-12-7-13-18-16(14-8-3-1-4-9-14)15-10-5-2-6-11-15/h1-6,8-11,16,18H,7,12-13H2. The van der Waals surface area contributed by atoms with Gasteiger partial charge in [0.15, 0.2) is 0 Å². The second-order valence-electron chi connectivity index (χ2n) is 4.25. The highest BCUT2D eigenvalue weighted by molar-refractivity contribution is 5.31. The summed E-state index contributed by atoms with van der Waals surface area (Å²) >= 11 is 0. The maximum absolute atomic E-state index is 12.2. The maximum Gasteiger partial charge on any atom is 0.0906 e. The summed E-state index contributed by atoms with van der Waals surface area (Å²) in [6, 6.07) is 20.7. The van der Waals surface area contributed by atoms with Crippen molar-refractivity contribution in [3.63, 3.8) is 0 Å². The fraction of sp³-hybridized carbons (Fsp3) is 0.250. The van der Waals surface area contributed by atoms with Crippen LogP contribution < -0.4 is 5.32 Å². The van der Waals surface area contributed by atoms with Crippen molar-refractivity contribution in [2.45, 2.75) is 12.5 Å². The van der Waals surface area contributed by atoms with Crippen molar-refractivity contribution in [1.82, 2.24) is 5.32 Å². The molecule has 0 saturated heterocycles. The Hall–Kier alpha value is -1.67. The molecule has 0 unspecified atom stereocenters. The lowest BCUT2D eigenvalue weighted by Gasteiger charge is -2.19. The van der Waals surface area contributed by atoms with Crippen LogP contribution in [0.15, 0.2) is 60.7 Å². The Morgan fingerprint density at radius 3 is 1.78 bits per heavy atom. The topological polar surface area (TPSA) is 12.0 Å². The van der Waals surface area contributed by atoms with Gasteiger partial charge < -0.3 is 5.32 Å². The van der Waals surface area contributed by atoms with Gasteiger partial charge >= 0.3 is 0 Å². The predicted octanol–water partition coefficient (Wildman–Crippen LogP) is 3.73. The van der Waals surface area contributed by atoms with Gasteiger partial charge in [-0.05, 0) is 24.1 Å². The largest absolute Gasteiger partial charge is 0.306 e. The van der Waals surface area contributed by atoms with Crippen LogP contribution in [0, 0.1) is 0 Å². The molecule has 0 radical (unpaired) electrons. The summed E-state index contributed by atoms with van der Waals surface area (Å²) in [5.41, 5.74) is 2.42. The quantitative estimate of drug-likeness (QED) is 0.762. The van der Waals surface area contributed by atoms with E-state index in [9.17, 15) is 4.39 Å². The zero-order valence-electron chi connectivity index (χ0n) is 10.4. The van der Waals surface area contributed by atoms with Crippen molar-refractivity contribution in [2.75, 3.05) is 13.2 Å². The fourth-order valence-electron chi connectivity index (χ4n) is 2.03. The first kappa shape index (κ1) is 12.8. The Morgan fingerprint density at radius 1 is 0.833 bits per heavy atom. The molecule has 0 aliphatic heterocycles. The lowest BCUT2D eigenvalue weighted by atomic mass is 9.99. The molecule has 1 nitrogen and oxygen atoms in total. The van der Waals surface area contributed by atoms with Crippen LogP contribution in [0.25, 0.3) is 0 Å². The molecule has 2 heteroatoms. The summed E-state index contributed by atoms with van der Waals surface area (Å²) in [7, 11) is 0. The SMILES string of the molecule is FCCCNC(c1ccccc1)c1ccccc1. The van der Waals surface area contributed by atoms with Crippen LogP contribution in [0.2, 0.25) is 0 Å². The van der Waals surface area contributed by atoms with Crippen LogP contribution in [-0.2, 0) is 0 Å². The highest BCUT2D eigenvalue weighted by atomic mass is 19.1. The van der Waals surface area contributed by atoms with E-state index in [0.717, 1.165) is 0 Å². The molecule has 0 bridgehead atoms. The van der Waals surface area contributed by atoms with Crippen LogP contribution in [0.1, 0.15) is 23.6 Å². The molecule has 0 aliphatic carbocycles. The number of halogens is 1. The van der Waals surface area contributed by atoms with Crippen molar-refractivity contribution in [3.05, 3.63) is 71.8 Å². The number of alkyl halides is 1. The molecule has 0 fully saturated rings. The van der Waals surface area contributed by atoms with Crippen LogP contribution in [0.3, 0.4) is 0 Å². The van der Waals surface area contributed by atoms with Gasteiger partial charge in [0, 0.05) is 0 Å². The van der Waals surface area contributed by atoms with Crippen LogP contribution >= 0.6 is 0 Å². The molecule has 94 valence electrons. The van der Waals surface area contributed by atoms with E-state index in [-0.39, 0.29) is 12.7 Å². The Kier molecular flexibility index (Phi) is 4.91. The Morgan fingerprint density at radius 2 is 1.33 bits per heavy atom. The van der Waals surface area contributed by atoms with E-state index in [2.05, 4.69) is 29.6 Å². The van der Waals surface area contributed by atoms with E-state index in [4.69, 9.17) is 0 Å². The number of benzene rings is 2. The van der Waals surface area contributed by atoms with E-state index < -0.39 is 0 Å². The lowest BCUT2D eigenvalue weighted by Crippen LogP contribution is -2.23. The molecule has 0 aliphatic rings. The van der Waals surface area contributed by atoms with Gasteiger partial charge in [0.1, 0.15) is 0 Å². The zero-order valence-corrected chi connectivity index (χ0v) is 10.4. The monoisotopic (exact) mass is 243 g/mol. The molecule has 0 atom stereocenters. The van der Waals surface area contributed by atoms with E-state index in [0.29, 0.717) is 13.0 Å². The number of hydrogen-bond acceptors (Lipinski definition) is 1. The second-order valence-corrected chi connectivity index (χ2v) is 4.25. The zero-order chi connectivity index (χ0) is 12.6. The van der Waals surface area contributed by atoms with Gasteiger partial charge in [-0.2, -0.15) is 0 Å². The average molecular weight is 243 g/mol. The summed E-state index contributed by atoms with van der Waals surface area (Å²) in [4.78, 5) is 0. The molecule has 0 amide bonds. The smallest absolute Gasteiger partial charge is 0.0906 e. The Bertz CT molecular complexity index is 402. The third kappa shape index (κ3) is 3.41. The minimum Gasteiger partial charge on any atom is -0.306 e. The summed E-state index contributed by atoms with van der Waals surface area (Å²) in [6.07, 6.45) is 0.552.